The molecule has 0 amide bonds. The molecule has 1 atom stereocenters. The fourth-order valence-corrected chi connectivity index (χ4v) is 2.21. The zero-order valence-electron chi connectivity index (χ0n) is 9.19. The molecule has 2 rings (SSSR count). The van der Waals surface area contributed by atoms with E-state index >= 15 is 0 Å². The maximum Gasteiger partial charge on any atom is 0.223 e. The van der Waals surface area contributed by atoms with Crippen LogP contribution in [0.4, 0.5) is 5.95 Å². The molecule has 1 aromatic carbocycles. The van der Waals surface area contributed by atoms with Crippen molar-refractivity contribution >= 4 is 33.5 Å². The molecule has 5 heteroatoms. The van der Waals surface area contributed by atoms with Crippen LogP contribution in [0.2, 0.25) is 5.02 Å². The van der Waals surface area contributed by atoms with E-state index in [0.717, 1.165) is 10.0 Å². The van der Waals surface area contributed by atoms with Crippen LogP contribution in [0, 0.1) is 0 Å². The van der Waals surface area contributed by atoms with Gasteiger partial charge in [0.1, 0.15) is 0 Å². The first-order chi connectivity index (χ1) is 8.16. The van der Waals surface area contributed by atoms with Gasteiger partial charge in [-0.25, -0.2) is 9.97 Å². The van der Waals surface area contributed by atoms with E-state index in [1.54, 1.807) is 12.4 Å². The normalized spacial score (nSPS) is 12.2. The average molecular weight is 313 g/mol. The van der Waals surface area contributed by atoms with E-state index in [9.17, 15) is 0 Å². The molecule has 2 aromatic rings. The predicted octanol–water partition coefficient (Wildman–Crippen LogP) is 4.07. The Bertz CT molecular complexity index is 501. The Kier molecular flexibility index (Phi) is 3.97. The number of nitrogens with zero attached hydrogens (tertiary/aromatic N) is 2. The third-order valence-electron chi connectivity index (χ3n) is 2.34. The van der Waals surface area contributed by atoms with E-state index in [4.69, 9.17) is 11.6 Å². The summed E-state index contributed by atoms with van der Waals surface area (Å²) in [5.74, 6) is 0.567. The first-order valence-electron chi connectivity index (χ1n) is 5.15. The summed E-state index contributed by atoms with van der Waals surface area (Å²) in [7, 11) is 0. The van der Waals surface area contributed by atoms with E-state index in [-0.39, 0.29) is 6.04 Å². The van der Waals surface area contributed by atoms with Crippen molar-refractivity contribution in [1.82, 2.24) is 9.97 Å². The van der Waals surface area contributed by atoms with Crippen LogP contribution in [0.3, 0.4) is 0 Å². The van der Waals surface area contributed by atoms with Crippen molar-refractivity contribution in [3.05, 3.63) is 51.7 Å². The minimum absolute atomic E-state index is 0.117. The van der Waals surface area contributed by atoms with Gasteiger partial charge < -0.3 is 5.32 Å². The summed E-state index contributed by atoms with van der Waals surface area (Å²) in [4.78, 5) is 8.21. The third kappa shape index (κ3) is 3.17. The molecule has 1 heterocycles. The SMILES string of the molecule is CC(Nc1ncc(Cl)cn1)c1ccccc1Br. The largest absolute Gasteiger partial charge is 0.348 e. The lowest BCUT2D eigenvalue weighted by molar-refractivity contribution is 0.855. The van der Waals surface area contributed by atoms with Crippen LogP contribution < -0.4 is 5.32 Å². The molecule has 0 radical (unpaired) electrons. The van der Waals surface area contributed by atoms with Crippen LogP contribution in [0.15, 0.2) is 41.1 Å². The van der Waals surface area contributed by atoms with Gasteiger partial charge in [0.25, 0.3) is 0 Å². The molecule has 0 bridgehead atoms. The van der Waals surface area contributed by atoms with E-state index in [1.807, 2.05) is 18.2 Å². The Balaban J connectivity index is 2.14. The Hall–Kier alpha value is -1.13. The van der Waals surface area contributed by atoms with Gasteiger partial charge in [-0.1, -0.05) is 45.7 Å². The number of rotatable bonds is 3. The molecule has 1 N–H and O–H groups in total. The Morgan fingerprint density at radius 2 is 1.88 bits per heavy atom. The van der Waals surface area contributed by atoms with Crippen LogP contribution >= 0.6 is 27.5 Å². The second-order valence-electron chi connectivity index (χ2n) is 3.61. The van der Waals surface area contributed by atoms with Crippen molar-refractivity contribution in [2.45, 2.75) is 13.0 Å². The molecule has 3 nitrogen and oxygen atoms in total. The summed E-state index contributed by atoms with van der Waals surface area (Å²) in [5, 5.41) is 3.75. The van der Waals surface area contributed by atoms with Gasteiger partial charge in [0.05, 0.1) is 23.5 Å². The number of hydrogen-bond donors (Lipinski definition) is 1. The molecule has 0 fully saturated rings. The van der Waals surface area contributed by atoms with Gasteiger partial charge in [-0.2, -0.15) is 0 Å². The van der Waals surface area contributed by atoms with E-state index in [0.29, 0.717) is 11.0 Å². The van der Waals surface area contributed by atoms with Crippen molar-refractivity contribution in [2.24, 2.45) is 0 Å². The Labute approximate surface area is 113 Å². The van der Waals surface area contributed by atoms with Crippen LogP contribution in [-0.2, 0) is 0 Å². The minimum Gasteiger partial charge on any atom is -0.348 e. The number of aromatic nitrogens is 2. The summed E-state index contributed by atoms with van der Waals surface area (Å²) in [6.07, 6.45) is 3.15. The highest BCUT2D eigenvalue weighted by atomic mass is 79.9. The third-order valence-corrected chi connectivity index (χ3v) is 3.26. The summed E-state index contributed by atoms with van der Waals surface area (Å²) in [6.45, 7) is 2.05. The minimum atomic E-state index is 0.117. The molecule has 0 saturated heterocycles. The van der Waals surface area contributed by atoms with Crippen molar-refractivity contribution < 1.29 is 0 Å². The highest BCUT2D eigenvalue weighted by Gasteiger charge is 2.09. The van der Waals surface area contributed by atoms with Crippen molar-refractivity contribution in [1.29, 1.82) is 0 Å². The van der Waals surface area contributed by atoms with E-state index in [1.165, 1.54) is 0 Å². The van der Waals surface area contributed by atoms with Gasteiger partial charge in [0, 0.05) is 4.47 Å². The molecule has 0 spiro atoms. The molecule has 1 aromatic heterocycles. The quantitative estimate of drug-likeness (QED) is 0.928. The molecule has 17 heavy (non-hydrogen) atoms. The topological polar surface area (TPSA) is 37.8 Å². The van der Waals surface area contributed by atoms with Crippen molar-refractivity contribution in [2.75, 3.05) is 5.32 Å². The number of anilines is 1. The maximum atomic E-state index is 5.73. The Morgan fingerprint density at radius 1 is 1.24 bits per heavy atom. The van der Waals surface area contributed by atoms with Gasteiger partial charge in [0.15, 0.2) is 0 Å². The molecular weight excluding hydrogens is 302 g/mol. The van der Waals surface area contributed by atoms with Crippen molar-refractivity contribution in [3.8, 4) is 0 Å². The lowest BCUT2D eigenvalue weighted by atomic mass is 10.1. The highest BCUT2D eigenvalue weighted by Crippen LogP contribution is 2.24. The van der Waals surface area contributed by atoms with Gasteiger partial charge in [-0.3, -0.25) is 0 Å². The molecule has 88 valence electrons. The summed E-state index contributed by atoms with van der Waals surface area (Å²) in [6, 6.07) is 8.17. The van der Waals surface area contributed by atoms with Gasteiger partial charge in [-0.05, 0) is 18.6 Å². The standard InChI is InChI=1S/C12H11BrClN3/c1-8(10-4-2-3-5-11(10)13)17-12-15-6-9(14)7-16-12/h2-8H,1H3,(H,15,16,17). The number of halogens is 2. The molecule has 0 aliphatic carbocycles. The van der Waals surface area contributed by atoms with Crippen LogP contribution in [0.1, 0.15) is 18.5 Å². The average Bonchev–Trinajstić information content (AvgIpc) is 2.32. The van der Waals surface area contributed by atoms with Gasteiger partial charge in [0.2, 0.25) is 5.95 Å². The molecule has 1 unspecified atom stereocenters. The maximum absolute atomic E-state index is 5.73. The fourth-order valence-electron chi connectivity index (χ4n) is 1.48. The van der Waals surface area contributed by atoms with Crippen LogP contribution in [-0.4, -0.2) is 9.97 Å². The fraction of sp³-hybridized carbons (Fsp3) is 0.167. The van der Waals surface area contributed by atoms with Crippen molar-refractivity contribution in [3.63, 3.8) is 0 Å². The molecule has 0 saturated carbocycles. The summed E-state index contributed by atoms with van der Waals surface area (Å²) < 4.78 is 1.06. The summed E-state index contributed by atoms with van der Waals surface area (Å²) >= 11 is 9.25. The van der Waals surface area contributed by atoms with Gasteiger partial charge in [-0.15, -0.1) is 0 Å². The number of nitrogens with one attached hydrogen (secondary N) is 1. The lowest BCUT2D eigenvalue weighted by Crippen LogP contribution is -2.09. The Morgan fingerprint density at radius 3 is 2.53 bits per heavy atom. The second-order valence-corrected chi connectivity index (χ2v) is 4.90. The van der Waals surface area contributed by atoms with E-state index in [2.05, 4.69) is 44.2 Å². The van der Waals surface area contributed by atoms with Gasteiger partial charge >= 0.3 is 0 Å². The monoisotopic (exact) mass is 311 g/mol. The molecule has 0 aliphatic rings. The van der Waals surface area contributed by atoms with E-state index < -0.39 is 0 Å². The lowest BCUT2D eigenvalue weighted by Gasteiger charge is -2.15. The number of hydrogen-bond acceptors (Lipinski definition) is 3. The predicted molar refractivity (Wildman–Crippen MR) is 73.2 cm³/mol. The summed E-state index contributed by atoms with van der Waals surface area (Å²) in [5.41, 5.74) is 1.16. The van der Waals surface area contributed by atoms with Crippen LogP contribution in [0.25, 0.3) is 0 Å². The molecular formula is C12H11BrClN3. The first-order valence-corrected chi connectivity index (χ1v) is 6.32. The zero-order valence-corrected chi connectivity index (χ0v) is 11.5. The first kappa shape index (κ1) is 12.3. The smallest absolute Gasteiger partial charge is 0.223 e. The molecule has 0 aliphatic heterocycles. The highest BCUT2D eigenvalue weighted by molar-refractivity contribution is 9.10. The second kappa shape index (κ2) is 5.47. The van der Waals surface area contributed by atoms with Crippen LogP contribution in [0.5, 0.6) is 0 Å². The zero-order chi connectivity index (χ0) is 12.3. The number of benzene rings is 1.